The van der Waals surface area contributed by atoms with E-state index in [0.717, 1.165) is 33.5 Å². The van der Waals surface area contributed by atoms with Crippen LogP contribution in [0.3, 0.4) is 0 Å². The summed E-state index contributed by atoms with van der Waals surface area (Å²) in [5.74, 6) is 0. The predicted octanol–water partition coefficient (Wildman–Crippen LogP) is 4.91. The molecular weight excluding hydrogens is 282 g/mol. The van der Waals surface area contributed by atoms with Gasteiger partial charge in [0.15, 0.2) is 0 Å². The summed E-state index contributed by atoms with van der Waals surface area (Å²) in [6.07, 6.45) is 1.62. The summed E-state index contributed by atoms with van der Waals surface area (Å²) in [6.45, 7) is 4.18. The molecule has 0 fully saturated rings. The maximum atomic E-state index is 4.50. The van der Waals surface area contributed by atoms with Crippen LogP contribution in [0.5, 0.6) is 0 Å². The maximum absolute atomic E-state index is 4.50. The second-order valence-electron chi connectivity index (χ2n) is 5.90. The van der Waals surface area contributed by atoms with Crippen LogP contribution in [0.25, 0.3) is 33.5 Å². The van der Waals surface area contributed by atoms with Crippen LogP contribution in [0.4, 0.5) is 0 Å². The molecule has 0 amide bonds. The predicted molar refractivity (Wildman–Crippen MR) is 94.2 cm³/mol. The molecule has 2 aromatic carbocycles. The van der Waals surface area contributed by atoms with Crippen LogP contribution in [0, 0.1) is 13.8 Å². The molecule has 3 nitrogen and oxygen atoms in total. The Morgan fingerprint density at radius 2 is 1.35 bits per heavy atom. The lowest BCUT2D eigenvalue weighted by Crippen LogP contribution is -1.87. The summed E-state index contributed by atoms with van der Waals surface area (Å²) >= 11 is 0. The van der Waals surface area contributed by atoms with E-state index in [4.69, 9.17) is 0 Å². The Labute approximate surface area is 135 Å². The number of benzene rings is 2. The first-order chi connectivity index (χ1) is 11.2. The number of aromatic nitrogens is 3. The second-order valence-corrected chi connectivity index (χ2v) is 5.90. The van der Waals surface area contributed by atoms with Crippen molar-refractivity contribution in [1.82, 2.24) is 15.0 Å². The number of hydrogen-bond donors (Lipinski definition) is 1. The van der Waals surface area contributed by atoms with E-state index in [-0.39, 0.29) is 0 Å². The van der Waals surface area contributed by atoms with Gasteiger partial charge in [-0.2, -0.15) is 0 Å². The zero-order valence-corrected chi connectivity index (χ0v) is 13.2. The van der Waals surface area contributed by atoms with Crippen LogP contribution >= 0.6 is 0 Å². The number of H-pyrrole nitrogens is 1. The molecule has 4 rings (SSSR count). The van der Waals surface area contributed by atoms with Gasteiger partial charge in [-0.3, -0.25) is 0 Å². The normalized spacial score (nSPS) is 11.0. The largest absolute Gasteiger partial charge is 0.339 e. The van der Waals surface area contributed by atoms with Crippen molar-refractivity contribution in [2.45, 2.75) is 13.8 Å². The molecular formula is C20H17N3. The van der Waals surface area contributed by atoms with Gasteiger partial charge >= 0.3 is 0 Å². The Hall–Kier alpha value is -2.94. The average Bonchev–Trinajstić information content (AvgIpc) is 3.00. The molecule has 0 aliphatic heterocycles. The quantitative estimate of drug-likeness (QED) is 0.571. The van der Waals surface area contributed by atoms with E-state index in [2.05, 4.69) is 83.4 Å². The lowest BCUT2D eigenvalue weighted by molar-refractivity contribution is 1.20. The molecule has 0 saturated heterocycles. The van der Waals surface area contributed by atoms with Crippen LogP contribution in [-0.4, -0.2) is 15.0 Å². The molecule has 3 heteroatoms. The van der Waals surface area contributed by atoms with E-state index < -0.39 is 0 Å². The van der Waals surface area contributed by atoms with E-state index in [1.165, 1.54) is 11.1 Å². The lowest BCUT2D eigenvalue weighted by atomic mass is 10.1. The molecule has 0 saturated carbocycles. The lowest BCUT2D eigenvalue weighted by Gasteiger charge is -2.02. The van der Waals surface area contributed by atoms with Gasteiger partial charge in [0.1, 0.15) is 12.0 Å². The van der Waals surface area contributed by atoms with Gasteiger partial charge in [-0.25, -0.2) is 9.97 Å². The van der Waals surface area contributed by atoms with Crippen LogP contribution in [0.15, 0.2) is 60.9 Å². The van der Waals surface area contributed by atoms with Gasteiger partial charge in [0.05, 0.1) is 5.69 Å². The highest BCUT2D eigenvalue weighted by Crippen LogP contribution is 2.29. The van der Waals surface area contributed by atoms with E-state index in [1.54, 1.807) is 6.33 Å². The zero-order valence-electron chi connectivity index (χ0n) is 13.2. The molecule has 112 valence electrons. The van der Waals surface area contributed by atoms with Crippen molar-refractivity contribution < 1.29 is 0 Å². The van der Waals surface area contributed by atoms with Crippen molar-refractivity contribution in [1.29, 1.82) is 0 Å². The summed E-state index contributed by atoms with van der Waals surface area (Å²) in [5, 5.41) is 1.05. The highest BCUT2D eigenvalue weighted by atomic mass is 14.9. The number of aryl methyl sites for hydroxylation is 2. The Morgan fingerprint density at radius 1 is 0.739 bits per heavy atom. The van der Waals surface area contributed by atoms with Crippen LogP contribution < -0.4 is 0 Å². The SMILES string of the molecule is Cc1ccc(-c2cc3c(-c4ccc(C)cc4)ncnc3[nH]2)cc1. The monoisotopic (exact) mass is 299 g/mol. The molecule has 0 unspecified atom stereocenters. The number of aromatic amines is 1. The summed E-state index contributed by atoms with van der Waals surface area (Å²) in [7, 11) is 0. The fourth-order valence-corrected chi connectivity index (χ4v) is 2.77. The number of fused-ring (bicyclic) bond motifs is 1. The van der Waals surface area contributed by atoms with E-state index in [9.17, 15) is 0 Å². The number of nitrogens with zero attached hydrogens (tertiary/aromatic N) is 2. The minimum absolute atomic E-state index is 0.867. The molecule has 0 atom stereocenters. The highest BCUT2D eigenvalue weighted by molar-refractivity contribution is 5.94. The van der Waals surface area contributed by atoms with Gasteiger partial charge in [-0.05, 0) is 25.5 Å². The second kappa shape index (κ2) is 5.36. The molecule has 0 spiro atoms. The molecule has 4 aromatic rings. The van der Waals surface area contributed by atoms with Crippen molar-refractivity contribution in [3.8, 4) is 22.5 Å². The van der Waals surface area contributed by atoms with Crippen molar-refractivity contribution >= 4 is 11.0 Å². The number of hydrogen-bond acceptors (Lipinski definition) is 2. The molecule has 0 aliphatic carbocycles. The molecule has 2 aromatic heterocycles. The van der Waals surface area contributed by atoms with Crippen LogP contribution in [0.1, 0.15) is 11.1 Å². The van der Waals surface area contributed by atoms with Gasteiger partial charge in [-0.15, -0.1) is 0 Å². The van der Waals surface area contributed by atoms with Crippen LogP contribution in [0.2, 0.25) is 0 Å². The highest BCUT2D eigenvalue weighted by Gasteiger charge is 2.10. The third-order valence-electron chi connectivity index (χ3n) is 4.11. The minimum atomic E-state index is 0.867. The first-order valence-electron chi connectivity index (χ1n) is 7.68. The smallest absolute Gasteiger partial charge is 0.141 e. The maximum Gasteiger partial charge on any atom is 0.141 e. The molecule has 1 N–H and O–H groups in total. The Balaban J connectivity index is 1.87. The topological polar surface area (TPSA) is 41.6 Å². The summed E-state index contributed by atoms with van der Waals surface area (Å²) in [5.41, 5.74) is 7.66. The third kappa shape index (κ3) is 2.50. The minimum Gasteiger partial charge on any atom is -0.339 e. The fraction of sp³-hybridized carbons (Fsp3) is 0.100. The van der Waals surface area contributed by atoms with E-state index >= 15 is 0 Å². The Bertz CT molecular complexity index is 964. The zero-order chi connectivity index (χ0) is 15.8. The first-order valence-corrected chi connectivity index (χ1v) is 7.68. The van der Waals surface area contributed by atoms with Gasteiger partial charge in [0, 0.05) is 16.6 Å². The third-order valence-corrected chi connectivity index (χ3v) is 4.11. The molecule has 0 bridgehead atoms. The van der Waals surface area contributed by atoms with Crippen LogP contribution in [-0.2, 0) is 0 Å². The van der Waals surface area contributed by atoms with Gasteiger partial charge in [0.2, 0.25) is 0 Å². The van der Waals surface area contributed by atoms with Crippen molar-refractivity contribution in [3.05, 3.63) is 72.1 Å². The summed E-state index contributed by atoms with van der Waals surface area (Å²) in [6, 6.07) is 19.0. The Morgan fingerprint density at radius 3 is 2.00 bits per heavy atom. The van der Waals surface area contributed by atoms with Gasteiger partial charge in [-0.1, -0.05) is 59.7 Å². The summed E-state index contributed by atoms with van der Waals surface area (Å²) in [4.78, 5) is 12.3. The molecule has 23 heavy (non-hydrogen) atoms. The van der Waals surface area contributed by atoms with Crippen molar-refractivity contribution in [2.24, 2.45) is 0 Å². The summed E-state index contributed by atoms with van der Waals surface area (Å²) < 4.78 is 0. The van der Waals surface area contributed by atoms with Crippen molar-refractivity contribution in [3.63, 3.8) is 0 Å². The standard InChI is InChI=1S/C20H17N3/c1-13-3-7-15(8-4-13)18-11-17-19(21-12-22-20(17)23-18)16-9-5-14(2)6-10-16/h3-12H,1-2H3,(H,21,22,23). The first kappa shape index (κ1) is 13.7. The van der Waals surface area contributed by atoms with Crippen molar-refractivity contribution in [2.75, 3.05) is 0 Å². The molecule has 2 heterocycles. The fourth-order valence-electron chi connectivity index (χ4n) is 2.77. The van der Waals surface area contributed by atoms with Gasteiger partial charge < -0.3 is 4.98 Å². The van der Waals surface area contributed by atoms with E-state index in [0.29, 0.717) is 0 Å². The Kier molecular flexibility index (Phi) is 3.19. The number of rotatable bonds is 2. The average molecular weight is 299 g/mol. The van der Waals surface area contributed by atoms with E-state index in [1.807, 2.05) is 0 Å². The molecule has 0 aliphatic rings. The number of nitrogens with one attached hydrogen (secondary N) is 1. The van der Waals surface area contributed by atoms with Gasteiger partial charge in [0.25, 0.3) is 0 Å². The molecule has 0 radical (unpaired) electrons.